The van der Waals surface area contributed by atoms with Gasteiger partial charge in [-0.3, -0.25) is 0 Å². The zero-order chi connectivity index (χ0) is 13.9. The largest absolute Gasteiger partial charge is 0.456 e. The Morgan fingerprint density at radius 3 is 2.50 bits per heavy atom. The van der Waals surface area contributed by atoms with Gasteiger partial charge in [0.25, 0.3) is 0 Å². The van der Waals surface area contributed by atoms with E-state index in [0.29, 0.717) is 16.4 Å². The Labute approximate surface area is 112 Å². The molecule has 0 saturated heterocycles. The van der Waals surface area contributed by atoms with Crippen LogP contribution in [0, 0.1) is 5.92 Å². The van der Waals surface area contributed by atoms with Gasteiger partial charge in [0.05, 0.1) is 11.3 Å². The molecule has 1 rings (SSSR count). The third-order valence-electron chi connectivity index (χ3n) is 1.92. The van der Waals surface area contributed by atoms with E-state index in [4.69, 9.17) is 10.5 Å². The fourth-order valence-electron chi connectivity index (χ4n) is 1.34. The van der Waals surface area contributed by atoms with Gasteiger partial charge in [0.2, 0.25) is 0 Å². The number of nitrogen functional groups attached to an aromatic ring is 1. The SMILES string of the molecule is CC(C)C=C(C(=O)OC(C)(C)C)c1csc(N)n1. The predicted molar refractivity (Wildman–Crippen MR) is 75.2 cm³/mol. The fourth-order valence-corrected chi connectivity index (χ4v) is 1.90. The summed E-state index contributed by atoms with van der Waals surface area (Å²) >= 11 is 1.31. The first-order valence-corrected chi connectivity index (χ1v) is 6.73. The van der Waals surface area contributed by atoms with Crippen molar-refractivity contribution in [1.82, 2.24) is 4.98 Å². The number of carbonyl (C=O) groups is 1. The number of aromatic nitrogens is 1. The zero-order valence-corrected chi connectivity index (χ0v) is 12.3. The highest BCUT2D eigenvalue weighted by Gasteiger charge is 2.22. The first kappa shape index (κ1) is 14.7. The maximum Gasteiger partial charge on any atom is 0.340 e. The van der Waals surface area contributed by atoms with Crippen LogP contribution < -0.4 is 5.73 Å². The Bertz CT molecular complexity index is 456. The van der Waals surface area contributed by atoms with Gasteiger partial charge in [-0.2, -0.15) is 0 Å². The number of ether oxygens (including phenoxy) is 1. The van der Waals surface area contributed by atoms with E-state index in [1.54, 1.807) is 5.38 Å². The zero-order valence-electron chi connectivity index (χ0n) is 11.5. The second kappa shape index (κ2) is 5.52. The second-order valence-electron chi connectivity index (χ2n) is 5.40. The van der Waals surface area contributed by atoms with Gasteiger partial charge in [0.15, 0.2) is 5.13 Å². The smallest absolute Gasteiger partial charge is 0.340 e. The number of nitrogens with two attached hydrogens (primary N) is 1. The number of hydrogen-bond acceptors (Lipinski definition) is 5. The minimum Gasteiger partial charge on any atom is -0.456 e. The highest BCUT2D eigenvalue weighted by molar-refractivity contribution is 7.13. The summed E-state index contributed by atoms with van der Waals surface area (Å²) in [5, 5.41) is 2.22. The fraction of sp³-hybridized carbons (Fsp3) is 0.538. The molecule has 100 valence electrons. The number of hydrogen-bond donors (Lipinski definition) is 1. The van der Waals surface area contributed by atoms with Crippen LogP contribution in [0.25, 0.3) is 5.57 Å². The molecule has 1 heterocycles. The van der Waals surface area contributed by atoms with Crippen LogP contribution in [-0.4, -0.2) is 16.6 Å². The molecule has 0 spiro atoms. The van der Waals surface area contributed by atoms with Gasteiger partial charge in [0.1, 0.15) is 5.60 Å². The Hall–Kier alpha value is -1.36. The molecular weight excluding hydrogens is 248 g/mol. The lowest BCUT2D eigenvalue weighted by atomic mass is 10.1. The lowest BCUT2D eigenvalue weighted by Gasteiger charge is -2.20. The molecule has 0 aliphatic heterocycles. The quantitative estimate of drug-likeness (QED) is 0.675. The van der Waals surface area contributed by atoms with Gasteiger partial charge in [0, 0.05) is 5.38 Å². The molecule has 0 bridgehead atoms. The van der Waals surface area contributed by atoms with Gasteiger partial charge in [-0.25, -0.2) is 9.78 Å². The van der Waals surface area contributed by atoms with E-state index < -0.39 is 5.60 Å². The summed E-state index contributed by atoms with van der Waals surface area (Å²) in [5.41, 5.74) is 6.15. The minimum atomic E-state index is -0.519. The van der Waals surface area contributed by atoms with Crippen molar-refractivity contribution < 1.29 is 9.53 Å². The third kappa shape index (κ3) is 4.49. The summed E-state index contributed by atoms with van der Waals surface area (Å²) in [6, 6.07) is 0. The van der Waals surface area contributed by atoms with E-state index in [0.717, 1.165) is 0 Å². The number of rotatable bonds is 3. The molecule has 0 fully saturated rings. The molecule has 5 heteroatoms. The number of allylic oxidation sites excluding steroid dienone is 1. The summed E-state index contributed by atoms with van der Waals surface area (Å²) in [7, 11) is 0. The average Bonchev–Trinajstić information content (AvgIpc) is 2.57. The molecule has 1 aromatic heterocycles. The van der Waals surface area contributed by atoms with Gasteiger partial charge >= 0.3 is 5.97 Å². The maximum absolute atomic E-state index is 12.1. The summed E-state index contributed by atoms with van der Waals surface area (Å²) in [4.78, 5) is 16.3. The number of carbonyl (C=O) groups excluding carboxylic acids is 1. The minimum absolute atomic E-state index is 0.232. The highest BCUT2D eigenvalue weighted by Crippen LogP contribution is 2.24. The van der Waals surface area contributed by atoms with Crippen molar-refractivity contribution in [2.45, 2.75) is 40.2 Å². The number of anilines is 1. The van der Waals surface area contributed by atoms with Gasteiger partial charge in [-0.15, -0.1) is 11.3 Å². The normalized spacial score (nSPS) is 12.9. The van der Waals surface area contributed by atoms with Crippen LogP contribution >= 0.6 is 11.3 Å². The molecule has 4 nitrogen and oxygen atoms in total. The predicted octanol–water partition coefficient (Wildman–Crippen LogP) is 3.11. The monoisotopic (exact) mass is 268 g/mol. The molecule has 18 heavy (non-hydrogen) atoms. The van der Waals surface area contributed by atoms with E-state index in [-0.39, 0.29) is 11.9 Å². The van der Waals surface area contributed by atoms with Crippen LogP contribution in [0.15, 0.2) is 11.5 Å². The number of esters is 1. The van der Waals surface area contributed by atoms with Gasteiger partial charge in [-0.05, 0) is 26.7 Å². The Kier molecular flexibility index (Phi) is 4.51. The molecule has 0 amide bonds. The Morgan fingerprint density at radius 2 is 2.11 bits per heavy atom. The lowest BCUT2D eigenvalue weighted by Crippen LogP contribution is -2.24. The topological polar surface area (TPSA) is 65.2 Å². The van der Waals surface area contributed by atoms with E-state index in [9.17, 15) is 4.79 Å². The maximum atomic E-state index is 12.1. The Morgan fingerprint density at radius 1 is 1.50 bits per heavy atom. The third-order valence-corrected chi connectivity index (χ3v) is 2.59. The van der Waals surface area contributed by atoms with Crippen LogP contribution in [0.5, 0.6) is 0 Å². The molecule has 0 atom stereocenters. The molecule has 2 N–H and O–H groups in total. The molecule has 0 radical (unpaired) electrons. The molecule has 0 aliphatic carbocycles. The van der Waals surface area contributed by atoms with Crippen molar-refractivity contribution in [2.24, 2.45) is 5.92 Å². The van der Waals surface area contributed by atoms with Crippen molar-refractivity contribution in [2.75, 3.05) is 5.73 Å². The molecule has 0 unspecified atom stereocenters. The van der Waals surface area contributed by atoms with E-state index in [1.807, 2.05) is 40.7 Å². The Balaban J connectivity index is 3.04. The average molecular weight is 268 g/mol. The standard InChI is InChI=1S/C13H20N2O2S/c1-8(2)6-9(10-7-18-12(14)15-10)11(16)17-13(3,4)5/h6-8H,1-5H3,(H2,14,15). The van der Waals surface area contributed by atoms with E-state index >= 15 is 0 Å². The summed E-state index contributed by atoms with van der Waals surface area (Å²) in [6.45, 7) is 9.52. The van der Waals surface area contributed by atoms with Crippen LogP contribution in [0.2, 0.25) is 0 Å². The lowest BCUT2D eigenvalue weighted by molar-refractivity contribution is -0.147. The summed E-state index contributed by atoms with van der Waals surface area (Å²) in [5.74, 6) is -0.128. The van der Waals surface area contributed by atoms with Crippen LogP contribution in [-0.2, 0) is 9.53 Å². The van der Waals surface area contributed by atoms with Gasteiger partial charge < -0.3 is 10.5 Å². The van der Waals surface area contributed by atoms with Crippen LogP contribution in [0.4, 0.5) is 5.13 Å². The molecular formula is C13H20N2O2S. The summed E-state index contributed by atoms with van der Waals surface area (Å²) < 4.78 is 5.38. The van der Waals surface area contributed by atoms with E-state index in [2.05, 4.69) is 4.98 Å². The van der Waals surface area contributed by atoms with Crippen molar-refractivity contribution in [3.63, 3.8) is 0 Å². The highest BCUT2D eigenvalue weighted by atomic mass is 32.1. The van der Waals surface area contributed by atoms with Gasteiger partial charge in [-0.1, -0.05) is 19.9 Å². The van der Waals surface area contributed by atoms with Crippen LogP contribution in [0.1, 0.15) is 40.3 Å². The van der Waals surface area contributed by atoms with Crippen LogP contribution in [0.3, 0.4) is 0 Å². The molecule has 0 aromatic carbocycles. The molecule has 0 aliphatic rings. The number of nitrogens with zero attached hydrogens (tertiary/aromatic N) is 1. The molecule has 1 aromatic rings. The van der Waals surface area contributed by atoms with Crippen molar-refractivity contribution in [3.05, 3.63) is 17.2 Å². The van der Waals surface area contributed by atoms with E-state index in [1.165, 1.54) is 11.3 Å². The first-order chi connectivity index (χ1) is 8.19. The van der Waals surface area contributed by atoms with Crippen molar-refractivity contribution in [1.29, 1.82) is 0 Å². The molecule has 0 saturated carbocycles. The van der Waals surface area contributed by atoms with Crippen molar-refractivity contribution in [3.8, 4) is 0 Å². The summed E-state index contributed by atoms with van der Waals surface area (Å²) in [6.07, 6.45) is 1.85. The second-order valence-corrected chi connectivity index (χ2v) is 6.29. The number of thiazole rings is 1. The first-order valence-electron chi connectivity index (χ1n) is 5.85. The van der Waals surface area contributed by atoms with Crippen molar-refractivity contribution >= 4 is 28.0 Å².